The van der Waals surface area contributed by atoms with Crippen LogP contribution in [0, 0.1) is 6.92 Å². The fourth-order valence-electron chi connectivity index (χ4n) is 3.41. The molecule has 4 rings (SSSR count). The number of nitrogens with one attached hydrogen (secondary N) is 1. The van der Waals surface area contributed by atoms with E-state index in [9.17, 15) is 4.79 Å². The summed E-state index contributed by atoms with van der Waals surface area (Å²) < 4.78 is 22.0. The number of anilines is 1. The topological polar surface area (TPSA) is 91.8 Å². The number of hydrogen-bond donors (Lipinski definition) is 1. The molecule has 1 heterocycles. The van der Waals surface area contributed by atoms with E-state index < -0.39 is 6.09 Å². The summed E-state index contributed by atoms with van der Waals surface area (Å²) in [6.45, 7) is 2.36. The largest absolute Gasteiger partial charge is 0.493 e. The Hall–Kier alpha value is -3.69. The standard InChI is InChI=1S/C27H26ClN3O5S/c1-17-5-8-19(9-6-17)37-12-4-11-35-27(32)31-22-10-7-18(13-21(22)28)36-26-20-14-24(33-2)25(34-3)15-23(20)29-16-30-26/h5-10,13-16H,4,11-12H2,1-3H3,(H,31,32). The normalized spacial score (nSPS) is 10.7. The lowest BCUT2D eigenvalue weighted by atomic mass is 10.2. The number of amides is 1. The first kappa shape index (κ1) is 26.4. The van der Waals surface area contributed by atoms with Crippen LogP contribution in [0.5, 0.6) is 23.1 Å². The van der Waals surface area contributed by atoms with Crippen LogP contribution in [0.25, 0.3) is 10.9 Å². The van der Waals surface area contributed by atoms with Crippen molar-refractivity contribution >= 4 is 46.0 Å². The molecule has 0 radical (unpaired) electrons. The first-order valence-corrected chi connectivity index (χ1v) is 12.8. The van der Waals surface area contributed by atoms with Gasteiger partial charge in [0, 0.05) is 22.8 Å². The third-order valence-electron chi connectivity index (χ3n) is 5.31. The Balaban J connectivity index is 1.32. The summed E-state index contributed by atoms with van der Waals surface area (Å²) in [6, 6.07) is 16.7. The van der Waals surface area contributed by atoms with Gasteiger partial charge in [0.25, 0.3) is 0 Å². The number of carbonyl (C=O) groups is 1. The SMILES string of the molecule is COc1cc2ncnc(Oc3ccc(NC(=O)OCCCSc4ccc(C)cc4)c(Cl)c3)c2cc1OC. The highest BCUT2D eigenvalue weighted by molar-refractivity contribution is 7.99. The van der Waals surface area contributed by atoms with Crippen molar-refractivity contribution in [2.45, 2.75) is 18.2 Å². The second kappa shape index (κ2) is 12.5. The second-order valence-corrected chi connectivity index (χ2v) is 9.50. The highest BCUT2D eigenvalue weighted by atomic mass is 35.5. The Morgan fingerprint density at radius 2 is 1.76 bits per heavy atom. The zero-order valence-electron chi connectivity index (χ0n) is 20.6. The number of rotatable bonds is 10. The van der Waals surface area contributed by atoms with E-state index in [0.717, 1.165) is 12.2 Å². The summed E-state index contributed by atoms with van der Waals surface area (Å²) in [5.41, 5.74) is 2.27. The summed E-state index contributed by atoms with van der Waals surface area (Å²) in [6.07, 6.45) is 1.56. The minimum absolute atomic E-state index is 0.294. The Labute approximate surface area is 224 Å². The summed E-state index contributed by atoms with van der Waals surface area (Å²) >= 11 is 8.11. The number of nitrogens with zero attached hydrogens (tertiary/aromatic N) is 2. The van der Waals surface area contributed by atoms with Crippen LogP contribution in [-0.4, -0.2) is 42.6 Å². The van der Waals surface area contributed by atoms with Crippen molar-refractivity contribution in [1.29, 1.82) is 0 Å². The fraction of sp³-hybridized carbons (Fsp3) is 0.222. The number of ether oxygens (including phenoxy) is 4. The van der Waals surface area contributed by atoms with E-state index in [0.29, 0.717) is 51.3 Å². The van der Waals surface area contributed by atoms with E-state index in [2.05, 4.69) is 46.5 Å². The summed E-state index contributed by atoms with van der Waals surface area (Å²) in [7, 11) is 3.11. The molecule has 0 aliphatic rings. The summed E-state index contributed by atoms with van der Waals surface area (Å²) in [4.78, 5) is 21.9. The van der Waals surface area contributed by atoms with E-state index in [4.69, 9.17) is 30.5 Å². The highest BCUT2D eigenvalue weighted by Crippen LogP contribution is 2.36. The van der Waals surface area contributed by atoms with Crippen molar-refractivity contribution in [2.24, 2.45) is 0 Å². The lowest BCUT2D eigenvalue weighted by Gasteiger charge is -2.12. The number of hydrogen-bond acceptors (Lipinski definition) is 8. The maximum atomic E-state index is 12.2. The van der Waals surface area contributed by atoms with Crippen LogP contribution in [0.1, 0.15) is 12.0 Å². The molecule has 1 amide bonds. The smallest absolute Gasteiger partial charge is 0.411 e. The second-order valence-electron chi connectivity index (χ2n) is 7.92. The molecule has 0 saturated carbocycles. The minimum atomic E-state index is -0.571. The maximum Gasteiger partial charge on any atom is 0.411 e. The number of fused-ring (bicyclic) bond motifs is 1. The van der Waals surface area contributed by atoms with Crippen LogP contribution in [0.3, 0.4) is 0 Å². The van der Waals surface area contributed by atoms with E-state index >= 15 is 0 Å². The zero-order valence-corrected chi connectivity index (χ0v) is 22.2. The lowest BCUT2D eigenvalue weighted by molar-refractivity contribution is 0.162. The van der Waals surface area contributed by atoms with Crippen LogP contribution in [0.4, 0.5) is 10.5 Å². The van der Waals surface area contributed by atoms with Crippen molar-refractivity contribution in [3.63, 3.8) is 0 Å². The van der Waals surface area contributed by atoms with Gasteiger partial charge in [-0.1, -0.05) is 29.3 Å². The molecule has 0 aliphatic heterocycles. The molecule has 4 aromatic rings. The van der Waals surface area contributed by atoms with Gasteiger partial charge in [0.15, 0.2) is 11.5 Å². The van der Waals surface area contributed by atoms with Crippen LogP contribution < -0.4 is 19.5 Å². The lowest BCUT2D eigenvalue weighted by Crippen LogP contribution is -2.15. The van der Waals surface area contributed by atoms with Crippen molar-refractivity contribution in [2.75, 3.05) is 31.9 Å². The number of carbonyl (C=O) groups excluding carboxylic acids is 1. The molecule has 10 heteroatoms. The summed E-state index contributed by atoms with van der Waals surface area (Å²) in [5.74, 6) is 2.69. The third-order valence-corrected chi connectivity index (χ3v) is 6.72. The molecule has 8 nitrogen and oxygen atoms in total. The fourth-order valence-corrected chi connectivity index (χ4v) is 4.45. The molecular weight excluding hydrogens is 514 g/mol. The Morgan fingerprint density at radius 3 is 2.49 bits per heavy atom. The van der Waals surface area contributed by atoms with Gasteiger partial charge in [0.1, 0.15) is 12.1 Å². The quantitative estimate of drug-likeness (QED) is 0.168. The number of methoxy groups -OCH3 is 2. The molecular formula is C27H26ClN3O5S. The molecule has 0 aliphatic carbocycles. The molecule has 0 spiro atoms. The van der Waals surface area contributed by atoms with E-state index in [1.165, 1.54) is 16.8 Å². The number of aryl methyl sites for hydroxylation is 1. The summed E-state index contributed by atoms with van der Waals surface area (Å²) in [5, 5.41) is 3.60. The van der Waals surface area contributed by atoms with Crippen molar-refractivity contribution in [1.82, 2.24) is 9.97 Å². The predicted octanol–water partition coefficient (Wildman–Crippen LogP) is 7.13. The van der Waals surface area contributed by atoms with E-state index in [1.54, 1.807) is 56.3 Å². The monoisotopic (exact) mass is 539 g/mol. The minimum Gasteiger partial charge on any atom is -0.493 e. The van der Waals surface area contributed by atoms with Gasteiger partial charge in [-0.15, -0.1) is 11.8 Å². The third kappa shape index (κ3) is 6.96. The van der Waals surface area contributed by atoms with E-state index in [1.807, 2.05) is 0 Å². The van der Waals surface area contributed by atoms with Crippen LogP contribution in [0.2, 0.25) is 5.02 Å². The van der Waals surface area contributed by atoms with Gasteiger partial charge >= 0.3 is 6.09 Å². The van der Waals surface area contributed by atoms with Crippen molar-refractivity contribution in [3.05, 3.63) is 71.5 Å². The van der Waals surface area contributed by atoms with Gasteiger partial charge in [-0.2, -0.15) is 0 Å². The number of thioether (sulfide) groups is 1. The average Bonchev–Trinajstić information content (AvgIpc) is 2.90. The molecule has 0 unspecified atom stereocenters. The van der Waals surface area contributed by atoms with Crippen molar-refractivity contribution < 1.29 is 23.7 Å². The average molecular weight is 540 g/mol. The molecule has 0 saturated heterocycles. The van der Waals surface area contributed by atoms with Gasteiger partial charge < -0.3 is 18.9 Å². The Bertz CT molecular complexity index is 1380. The molecule has 1 aromatic heterocycles. The van der Waals surface area contributed by atoms with Gasteiger partial charge in [0.05, 0.1) is 42.4 Å². The molecule has 192 valence electrons. The molecule has 37 heavy (non-hydrogen) atoms. The predicted molar refractivity (Wildman–Crippen MR) is 146 cm³/mol. The molecule has 0 bridgehead atoms. The highest BCUT2D eigenvalue weighted by Gasteiger charge is 2.14. The van der Waals surface area contributed by atoms with Gasteiger partial charge in [0.2, 0.25) is 5.88 Å². The van der Waals surface area contributed by atoms with Crippen molar-refractivity contribution in [3.8, 4) is 23.1 Å². The Kier molecular flexibility index (Phi) is 8.92. The number of benzene rings is 3. The van der Waals surface area contributed by atoms with Crippen LogP contribution in [-0.2, 0) is 4.74 Å². The van der Waals surface area contributed by atoms with E-state index in [-0.39, 0.29) is 0 Å². The maximum absolute atomic E-state index is 12.2. The molecule has 0 atom stereocenters. The zero-order chi connectivity index (χ0) is 26.2. The number of aromatic nitrogens is 2. The van der Waals surface area contributed by atoms with Crippen LogP contribution >= 0.6 is 23.4 Å². The molecule has 0 fully saturated rings. The van der Waals surface area contributed by atoms with Gasteiger partial charge in [-0.25, -0.2) is 14.8 Å². The molecule has 3 aromatic carbocycles. The first-order chi connectivity index (χ1) is 18.0. The Morgan fingerprint density at radius 1 is 1.00 bits per heavy atom. The number of halogens is 1. The first-order valence-electron chi connectivity index (χ1n) is 11.4. The molecule has 1 N–H and O–H groups in total. The van der Waals surface area contributed by atoms with Gasteiger partial charge in [-0.05, 0) is 43.7 Å². The van der Waals surface area contributed by atoms with Gasteiger partial charge in [-0.3, -0.25) is 5.32 Å². The van der Waals surface area contributed by atoms with Crippen LogP contribution in [0.15, 0.2) is 65.8 Å².